The molecule has 0 fully saturated rings. The van der Waals surface area contributed by atoms with E-state index in [1.165, 1.54) is 44.9 Å². The highest BCUT2D eigenvalue weighted by Crippen LogP contribution is 2.34. The van der Waals surface area contributed by atoms with Crippen LogP contribution < -0.4 is 9.80 Å². The Morgan fingerprint density at radius 2 is 1.47 bits per heavy atom. The number of ether oxygens (including phenoxy) is 1. The number of unbranched alkanes of at least 4 members (excludes halogenated alkanes) is 9. The number of anilines is 1. The zero-order valence-electron chi connectivity index (χ0n) is 22.4. The van der Waals surface area contributed by atoms with E-state index >= 15 is 0 Å². The predicted octanol–water partition coefficient (Wildman–Crippen LogP) is 8.82. The van der Waals surface area contributed by atoms with Crippen molar-refractivity contribution >= 4 is 23.2 Å². The number of aromatic hydroxyl groups is 1. The second-order valence-corrected chi connectivity index (χ2v) is 11.1. The molecular formula is C30H44ClNO4. The van der Waals surface area contributed by atoms with Crippen LogP contribution >= 0.6 is 11.6 Å². The van der Waals surface area contributed by atoms with E-state index in [-0.39, 0.29) is 11.2 Å². The number of hydroxylamine groups is 1. The largest absolute Gasteiger partial charge is 0.508 e. The molecule has 2 aromatic carbocycles. The number of amides is 1. The average molecular weight is 518 g/mol. The lowest BCUT2D eigenvalue weighted by molar-refractivity contribution is -0.131. The highest BCUT2D eigenvalue weighted by Gasteiger charge is 2.27. The topological polar surface area (TPSA) is 70.0 Å². The van der Waals surface area contributed by atoms with Crippen LogP contribution in [0, 0.1) is 0 Å². The van der Waals surface area contributed by atoms with Gasteiger partial charge in [-0.05, 0) is 60.7 Å². The summed E-state index contributed by atoms with van der Waals surface area (Å²) in [7, 11) is 0. The average Bonchev–Trinajstić information content (AvgIpc) is 2.84. The van der Waals surface area contributed by atoms with Gasteiger partial charge in [0.25, 0.3) is 5.91 Å². The number of hydrogen-bond donors (Lipinski definition) is 2. The SMILES string of the molecule is CCCCCCCCCCCCC(Oc1ccc(O)c(C(C)(C)C)c1)C(=O)N(O)c1ccc(Cl)cc1. The molecule has 0 saturated heterocycles. The van der Waals surface area contributed by atoms with Gasteiger partial charge in [0.05, 0.1) is 5.69 Å². The number of rotatable bonds is 15. The number of benzene rings is 2. The molecule has 2 N–H and O–H groups in total. The van der Waals surface area contributed by atoms with Crippen molar-refractivity contribution in [2.45, 2.75) is 110 Å². The third-order valence-corrected chi connectivity index (χ3v) is 6.68. The Hall–Kier alpha value is -2.24. The molecule has 36 heavy (non-hydrogen) atoms. The third-order valence-electron chi connectivity index (χ3n) is 6.43. The lowest BCUT2D eigenvalue weighted by Gasteiger charge is -2.25. The molecule has 0 heterocycles. The molecule has 0 spiro atoms. The summed E-state index contributed by atoms with van der Waals surface area (Å²) < 4.78 is 6.13. The van der Waals surface area contributed by atoms with Crippen LogP contribution in [0.2, 0.25) is 5.02 Å². The van der Waals surface area contributed by atoms with Crippen molar-refractivity contribution in [2.75, 3.05) is 5.06 Å². The van der Waals surface area contributed by atoms with Crippen molar-refractivity contribution in [1.82, 2.24) is 0 Å². The fraction of sp³-hybridized carbons (Fsp3) is 0.567. The number of hydrogen-bond acceptors (Lipinski definition) is 4. The quantitative estimate of drug-likeness (QED) is 0.141. The minimum atomic E-state index is -0.850. The number of phenolic OH excluding ortho intramolecular Hbond substituents is 1. The highest BCUT2D eigenvalue weighted by molar-refractivity contribution is 6.30. The molecule has 1 unspecified atom stereocenters. The maximum atomic E-state index is 13.2. The molecular weight excluding hydrogens is 474 g/mol. The molecule has 5 nitrogen and oxygen atoms in total. The minimum Gasteiger partial charge on any atom is -0.508 e. The van der Waals surface area contributed by atoms with E-state index in [0.717, 1.165) is 24.8 Å². The summed E-state index contributed by atoms with van der Waals surface area (Å²) in [6.45, 7) is 8.26. The summed E-state index contributed by atoms with van der Waals surface area (Å²) in [5, 5.41) is 22.1. The predicted molar refractivity (Wildman–Crippen MR) is 148 cm³/mol. The van der Waals surface area contributed by atoms with Gasteiger partial charge in [-0.1, -0.05) is 97.1 Å². The summed E-state index contributed by atoms with van der Waals surface area (Å²) in [4.78, 5) is 13.2. The summed E-state index contributed by atoms with van der Waals surface area (Å²) >= 11 is 5.95. The Labute approximate surface area is 222 Å². The first-order valence-electron chi connectivity index (χ1n) is 13.4. The molecule has 6 heteroatoms. The van der Waals surface area contributed by atoms with E-state index in [2.05, 4.69) is 6.92 Å². The second-order valence-electron chi connectivity index (χ2n) is 10.6. The number of halogens is 1. The Morgan fingerprint density at radius 1 is 0.917 bits per heavy atom. The maximum Gasteiger partial charge on any atom is 0.291 e. The van der Waals surface area contributed by atoms with Crippen molar-refractivity contribution in [3.05, 3.63) is 53.1 Å². The molecule has 1 amide bonds. The van der Waals surface area contributed by atoms with E-state index in [1.54, 1.807) is 42.5 Å². The van der Waals surface area contributed by atoms with Gasteiger partial charge in [-0.3, -0.25) is 10.0 Å². The van der Waals surface area contributed by atoms with Crippen LogP contribution in [-0.4, -0.2) is 22.3 Å². The van der Waals surface area contributed by atoms with Crippen LogP contribution in [0.25, 0.3) is 0 Å². The Balaban J connectivity index is 2.02. The van der Waals surface area contributed by atoms with E-state index in [4.69, 9.17) is 16.3 Å². The first kappa shape index (κ1) is 30.0. The summed E-state index contributed by atoms with van der Waals surface area (Å²) in [5.74, 6) is 0.156. The van der Waals surface area contributed by atoms with Gasteiger partial charge in [-0.25, -0.2) is 0 Å². The molecule has 0 radical (unpaired) electrons. The maximum absolute atomic E-state index is 13.2. The molecule has 200 valence electrons. The van der Waals surface area contributed by atoms with Crippen molar-refractivity contribution in [2.24, 2.45) is 0 Å². The van der Waals surface area contributed by atoms with E-state index < -0.39 is 12.0 Å². The molecule has 2 rings (SSSR count). The lowest BCUT2D eigenvalue weighted by Crippen LogP contribution is -2.40. The van der Waals surface area contributed by atoms with Gasteiger partial charge in [0.15, 0.2) is 6.10 Å². The number of nitrogens with zero attached hydrogens (tertiary/aromatic N) is 1. The zero-order valence-corrected chi connectivity index (χ0v) is 23.2. The van der Waals surface area contributed by atoms with Gasteiger partial charge in [0.2, 0.25) is 0 Å². The first-order valence-corrected chi connectivity index (χ1v) is 13.8. The smallest absolute Gasteiger partial charge is 0.291 e. The van der Waals surface area contributed by atoms with Crippen molar-refractivity contribution in [3.8, 4) is 11.5 Å². The molecule has 0 aliphatic rings. The summed E-state index contributed by atoms with van der Waals surface area (Å²) in [6.07, 6.45) is 11.6. The lowest BCUT2D eigenvalue weighted by atomic mass is 9.86. The highest BCUT2D eigenvalue weighted by atomic mass is 35.5. The molecule has 0 saturated carbocycles. The Morgan fingerprint density at radius 3 is 2.03 bits per heavy atom. The van der Waals surface area contributed by atoms with Gasteiger partial charge in [-0.2, -0.15) is 5.06 Å². The molecule has 0 aliphatic carbocycles. The minimum absolute atomic E-state index is 0.192. The molecule has 2 aromatic rings. The summed E-state index contributed by atoms with van der Waals surface area (Å²) in [5.41, 5.74) is 0.789. The first-order chi connectivity index (χ1) is 17.1. The molecule has 1 atom stereocenters. The van der Waals surface area contributed by atoms with Crippen molar-refractivity contribution in [3.63, 3.8) is 0 Å². The van der Waals surface area contributed by atoms with Gasteiger partial charge in [-0.15, -0.1) is 0 Å². The van der Waals surface area contributed by atoms with Crippen LogP contribution in [0.5, 0.6) is 11.5 Å². The van der Waals surface area contributed by atoms with Crippen LogP contribution in [-0.2, 0) is 10.2 Å². The Kier molecular flexibility index (Phi) is 12.6. The normalized spacial score (nSPS) is 12.4. The molecule has 0 aliphatic heterocycles. The van der Waals surface area contributed by atoms with Gasteiger partial charge in [0, 0.05) is 10.6 Å². The number of phenols is 1. The standard InChI is InChI=1S/C30H44ClNO4/c1-5-6-7-8-9-10-11-12-13-14-15-28(29(34)32(35)24-18-16-23(31)17-19-24)36-25-20-21-27(33)26(22-25)30(2,3)4/h16-22,28,33,35H,5-15H2,1-4H3. The number of carbonyl (C=O) groups is 1. The third kappa shape index (κ3) is 10.0. The van der Waals surface area contributed by atoms with E-state index in [0.29, 0.717) is 27.9 Å². The van der Waals surface area contributed by atoms with Crippen LogP contribution in [0.4, 0.5) is 5.69 Å². The second kappa shape index (κ2) is 15.1. The Bertz CT molecular complexity index is 924. The van der Waals surface area contributed by atoms with Crippen molar-refractivity contribution < 1.29 is 19.8 Å². The zero-order chi connectivity index (χ0) is 26.6. The molecule has 0 bridgehead atoms. The fourth-order valence-electron chi connectivity index (χ4n) is 4.25. The number of carbonyl (C=O) groups excluding carboxylic acids is 1. The van der Waals surface area contributed by atoms with Crippen LogP contribution in [0.15, 0.2) is 42.5 Å². The van der Waals surface area contributed by atoms with E-state index in [9.17, 15) is 15.1 Å². The monoisotopic (exact) mass is 517 g/mol. The fourth-order valence-corrected chi connectivity index (χ4v) is 4.38. The van der Waals surface area contributed by atoms with Crippen LogP contribution in [0.1, 0.15) is 104 Å². The summed E-state index contributed by atoms with van der Waals surface area (Å²) in [6, 6.07) is 11.5. The molecule has 0 aromatic heterocycles. The van der Waals surface area contributed by atoms with Gasteiger partial charge in [0.1, 0.15) is 11.5 Å². The van der Waals surface area contributed by atoms with Crippen molar-refractivity contribution in [1.29, 1.82) is 0 Å². The van der Waals surface area contributed by atoms with E-state index in [1.807, 2.05) is 20.8 Å². The van der Waals surface area contributed by atoms with Gasteiger partial charge >= 0.3 is 0 Å². The van der Waals surface area contributed by atoms with Crippen LogP contribution in [0.3, 0.4) is 0 Å². The van der Waals surface area contributed by atoms with Gasteiger partial charge < -0.3 is 9.84 Å².